The highest BCUT2D eigenvalue weighted by atomic mass is 16.4. The van der Waals surface area contributed by atoms with Crippen LogP contribution in [-0.4, -0.2) is 53.1 Å². The number of nitrogens with zero attached hydrogens (tertiary/aromatic N) is 5. The summed E-state index contributed by atoms with van der Waals surface area (Å²) in [7, 11) is 2.13. The minimum atomic E-state index is 0.257. The van der Waals surface area contributed by atoms with Gasteiger partial charge in [0.15, 0.2) is 0 Å². The monoisotopic (exact) mass is 330 g/mol. The molecule has 2 N–H and O–H groups in total. The van der Waals surface area contributed by atoms with Crippen LogP contribution in [0.25, 0.3) is 11.6 Å². The summed E-state index contributed by atoms with van der Waals surface area (Å²) in [5, 5.41) is 0. The van der Waals surface area contributed by atoms with Gasteiger partial charge in [0.25, 0.3) is 0 Å². The van der Waals surface area contributed by atoms with Crippen molar-refractivity contribution in [1.82, 2.24) is 19.9 Å². The Morgan fingerprint density at radius 2 is 1.92 bits per heavy atom. The SMILES string of the molecule is CCCCc1nc(-c2cc(N3CCN(C)CC3)nc(N)n2)oc1C. The van der Waals surface area contributed by atoms with Gasteiger partial charge in [0.1, 0.15) is 17.3 Å². The van der Waals surface area contributed by atoms with Gasteiger partial charge in [-0.25, -0.2) is 9.97 Å². The number of likely N-dealkylation sites (N-methyl/N-ethyl adjacent to an activating group) is 1. The molecule has 1 aliphatic rings. The molecular weight excluding hydrogens is 304 g/mol. The smallest absolute Gasteiger partial charge is 0.245 e. The Labute approximate surface area is 142 Å². The molecule has 0 radical (unpaired) electrons. The second-order valence-electron chi connectivity index (χ2n) is 6.39. The largest absolute Gasteiger partial charge is 0.440 e. The molecule has 0 amide bonds. The first kappa shape index (κ1) is 16.7. The highest BCUT2D eigenvalue weighted by Gasteiger charge is 2.19. The van der Waals surface area contributed by atoms with Crippen molar-refractivity contribution in [2.45, 2.75) is 33.1 Å². The number of aromatic nitrogens is 3. The first-order valence-electron chi connectivity index (χ1n) is 8.61. The van der Waals surface area contributed by atoms with Crippen LogP contribution in [0.2, 0.25) is 0 Å². The Morgan fingerprint density at radius 3 is 2.62 bits per heavy atom. The van der Waals surface area contributed by atoms with Gasteiger partial charge in [0.2, 0.25) is 11.8 Å². The molecule has 2 aromatic rings. The van der Waals surface area contributed by atoms with E-state index in [2.05, 4.69) is 38.7 Å². The van der Waals surface area contributed by atoms with Crippen molar-refractivity contribution in [3.05, 3.63) is 17.5 Å². The zero-order chi connectivity index (χ0) is 17.1. The van der Waals surface area contributed by atoms with Gasteiger partial charge in [-0.05, 0) is 26.8 Å². The lowest BCUT2D eigenvalue weighted by Crippen LogP contribution is -2.44. The van der Waals surface area contributed by atoms with Crippen LogP contribution in [0.3, 0.4) is 0 Å². The van der Waals surface area contributed by atoms with Crippen LogP contribution in [0.5, 0.6) is 0 Å². The predicted octanol–water partition coefficient (Wildman–Crippen LogP) is 2.12. The van der Waals surface area contributed by atoms with Gasteiger partial charge in [-0.15, -0.1) is 0 Å². The van der Waals surface area contributed by atoms with Gasteiger partial charge in [-0.2, -0.15) is 4.98 Å². The predicted molar refractivity (Wildman–Crippen MR) is 95.0 cm³/mol. The molecule has 1 saturated heterocycles. The lowest BCUT2D eigenvalue weighted by Gasteiger charge is -2.33. The summed E-state index contributed by atoms with van der Waals surface area (Å²) in [5.74, 6) is 2.49. The van der Waals surface area contributed by atoms with E-state index in [9.17, 15) is 0 Å². The van der Waals surface area contributed by atoms with Gasteiger partial charge in [-0.1, -0.05) is 13.3 Å². The van der Waals surface area contributed by atoms with Crippen LogP contribution in [0.1, 0.15) is 31.2 Å². The van der Waals surface area contributed by atoms with E-state index in [4.69, 9.17) is 10.2 Å². The third kappa shape index (κ3) is 3.67. The van der Waals surface area contributed by atoms with Crippen molar-refractivity contribution in [1.29, 1.82) is 0 Å². The maximum absolute atomic E-state index is 5.93. The zero-order valence-corrected chi connectivity index (χ0v) is 14.7. The number of aryl methyl sites for hydroxylation is 2. The number of unbranched alkanes of at least 4 members (excludes halogenated alkanes) is 1. The third-order valence-corrected chi connectivity index (χ3v) is 4.44. The number of hydrogen-bond acceptors (Lipinski definition) is 7. The molecule has 0 atom stereocenters. The molecule has 130 valence electrons. The highest BCUT2D eigenvalue weighted by molar-refractivity contribution is 5.58. The van der Waals surface area contributed by atoms with E-state index in [0.717, 1.165) is 62.7 Å². The molecule has 0 saturated carbocycles. The van der Waals surface area contributed by atoms with Gasteiger partial charge in [-0.3, -0.25) is 0 Å². The molecule has 0 spiro atoms. The molecule has 0 aromatic carbocycles. The molecule has 0 bridgehead atoms. The molecule has 0 unspecified atom stereocenters. The number of rotatable bonds is 5. The number of hydrogen-bond donors (Lipinski definition) is 1. The standard InChI is InChI=1S/C17H26N6O/c1-4-5-6-13-12(2)24-16(19-13)14-11-15(21-17(18)20-14)23-9-7-22(3)8-10-23/h11H,4-10H2,1-3H3,(H2,18,20,21). The first-order valence-corrected chi connectivity index (χ1v) is 8.61. The second-order valence-corrected chi connectivity index (χ2v) is 6.39. The molecule has 7 nitrogen and oxygen atoms in total. The van der Waals surface area contributed by atoms with E-state index in [-0.39, 0.29) is 5.95 Å². The van der Waals surface area contributed by atoms with Gasteiger partial charge in [0, 0.05) is 32.2 Å². The third-order valence-electron chi connectivity index (χ3n) is 4.44. The summed E-state index contributed by atoms with van der Waals surface area (Å²) < 4.78 is 5.83. The summed E-state index contributed by atoms with van der Waals surface area (Å²) in [5.41, 5.74) is 7.59. The normalized spacial score (nSPS) is 15.9. The molecule has 0 aliphatic carbocycles. The van der Waals surface area contributed by atoms with E-state index >= 15 is 0 Å². The van der Waals surface area contributed by atoms with Crippen LogP contribution in [0.15, 0.2) is 10.5 Å². The fourth-order valence-electron chi connectivity index (χ4n) is 2.87. The summed E-state index contributed by atoms with van der Waals surface area (Å²) in [4.78, 5) is 17.9. The molecule has 3 heterocycles. The molecule has 7 heteroatoms. The van der Waals surface area contributed by atoms with E-state index in [1.54, 1.807) is 0 Å². The topological polar surface area (TPSA) is 84.3 Å². The Balaban J connectivity index is 1.86. The summed E-state index contributed by atoms with van der Waals surface area (Å²) >= 11 is 0. The van der Waals surface area contributed by atoms with Gasteiger partial charge < -0.3 is 20.0 Å². The number of piperazine rings is 1. The van der Waals surface area contributed by atoms with Crippen LogP contribution < -0.4 is 10.6 Å². The zero-order valence-electron chi connectivity index (χ0n) is 14.7. The quantitative estimate of drug-likeness (QED) is 0.898. The lowest BCUT2D eigenvalue weighted by molar-refractivity contribution is 0.312. The number of nitrogen functional groups attached to an aromatic ring is 1. The van der Waals surface area contributed by atoms with E-state index in [1.807, 2.05) is 13.0 Å². The average Bonchev–Trinajstić information content (AvgIpc) is 2.94. The van der Waals surface area contributed by atoms with Crippen LogP contribution in [0.4, 0.5) is 11.8 Å². The molecule has 1 fully saturated rings. The first-order chi connectivity index (χ1) is 11.6. The van der Waals surface area contributed by atoms with Crippen molar-refractivity contribution in [2.75, 3.05) is 43.9 Å². The maximum Gasteiger partial charge on any atom is 0.245 e. The van der Waals surface area contributed by atoms with E-state index in [0.29, 0.717) is 11.6 Å². The fraction of sp³-hybridized carbons (Fsp3) is 0.588. The number of oxazole rings is 1. The molecule has 1 aliphatic heterocycles. The van der Waals surface area contributed by atoms with E-state index in [1.165, 1.54) is 0 Å². The summed E-state index contributed by atoms with van der Waals surface area (Å²) in [6, 6.07) is 1.93. The Hall–Kier alpha value is -2.15. The van der Waals surface area contributed by atoms with E-state index < -0.39 is 0 Å². The molecular formula is C17H26N6O. The van der Waals surface area contributed by atoms with Crippen molar-refractivity contribution >= 4 is 11.8 Å². The van der Waals surface area contributed by atoms with Crippen LogP contribution in [-0.2, 0) is 6.42 Å². The van der Waals surface area contributed by atoms with Crippen molar-refractivity contribution in [2.24, 2.45) is 0 Å². The van der Waals surface area contributed by atoms with Crippen LogP contribution in [0, 0.1) is 6.92 Å². The average molecular weight is 330 g/mol. The molecule has 24 heavy (non-hydrogen) atoms. The fourth-order valence-corrected chi connectivity index (χ4v) is 2.87. The number of anilines is 2. The summed E-state index contributed by atoms with van der Waals surface area (Å²) in [6.07, 6.45) is 3.17. The van der Waals surface area contributed by atoms with Crippen molar-refractivity contribution in [3.63, 3.8) is 0 Å². The minimum Gasteiger partial charge on any atom is -0.440 e. The Morgan fingerprint density at radius 1 is 1.17 bits per heavy atom. The number of nitrogens with two attached hydrogens (primary N) is 1. The van der Waals surface area contributed by atoms with Crippen molar-refractivity contribution in [3.8, 4) is 11.6 Å². The van der Waals surface area contributed by atoms with Gasteiger partial charge in [0.05, 0.1) is 5.69 Å². The lowest BCUT2D eigenvalue weighted by atomic mass is 10.2. The second kappa shape index (κ2) is 7.17. The van der Waals surface area contributed by atoms with Crippen molar-refractivity contribution < 1.29 is 4.42 Å². The Bertz CT molecular complexity index is 690. The molecule has 3 rings (SSSR count). The maximum atomic E-state index is 5.93. The summed E-state index contributed by atoms with van der Waals surface area (Å²) in [6.45, 7) is 8.01. The van der Waals surface area contributed by atoms with Crippen LogP contribution >= 0.6 is 0 Å². The van der Waals surface area contributed by atoms with Gasteiger partial charge >= 0.3 is 0 Å². The minimum absolute atomic E-state index is 0.257. The Kier molecular flexibility index (Phi) is 4.99. The molecule has 2 aromatic heterocycles. The highest BCUT2D eigenvalue weighted by Crippen LogP contribution is 2.25.